The smallest absolute Gasteiger partial charge is 0.305 e. The molecule has 7 nitrogen and oxygen atoms in total. The van der Waals surface area contributed by atoms with Crippen molar-refractivity contribution in [2.45, 2.75) is 26.2 Å². The third-order valence-corrected chi connectivity index (χ3v) is 4.02. The number of hydrogen-bond donors (Lipinski definition) is 1. The molecule has 1 N–H and O–H groups in total. The summed E-state index contributed by atoms with van der Waals surface area (Å²) in [6, 6.07) is 1.43. The van der Waals surface area contributed by atoms with Gasteiger partial charge in [0.2, 0.25) is 5.43 Å². The molecule has 0 bridgehead atoms. The van der Waals surface area contributed by atoms with Crippen LogP contribution in [-0.2, 0) is 14.3 Å². The van der Waals surface area contributed by atoms with Gasteiger partial charge in [-0.25, -0.2) is 0 Å². The summed E-state index contributed by atoms with van der Waals surface area (Å²) < 4.78 is 9.97. The number of aryl methyl sites for hydroxylation is 1. The summed E-state index contributed by atoms with van der Waals surface area (Å²) >= 11 is 0. The van der Waals surface area contributed by atoms with Crippen molar-refractivity contribution in [1.29, 1.82) is 0 Å². The number of aromatic amines is 1. The molecule has 7 heteroatoms. The summed E-state index contributed by atoms with van der Waals surface area (Å²) in [6.45, 7) is 2.80. The number of rotatable bonds is 5. The number of nitrogens with one attached hydrogen (secondary N) is 1. The van der Waals surface area contributed by atoms with Gasteiger partial charge < -0.3 is 19.4 Å². The van der Waals surface area contributed by atoms with Gasteiger partial charge >= 0.3 is 5.97 Å². The average Bonchev–Trinajstić information content (AvgIpc) is 2.54. The second-order valence-electron chi connectivity index (χ2n) is 5.74. The number of carbonyl (C=O) groups is 2. The fourth-order valence-corrected chi connectivity index (χ4v) is 2.61. The van der Waals surface area contributed by atoms with Crippen LogP contribution in [0.1, 0.15) is 25.0 Å². The van der Waals surface area contributed by atoms with Crippen molar-refractivity contribution in [1.82, 2.24) is 9.88 Å². The quantitative estimate of drug-likeness (QED) is 0.812. The lowest BCUT2D eigenvalue weighted by Crippen LogP contribution is -2.41. The molecule has 1 aromatic heterocycles. The Morgan fingerprint density at radius 3 is 2.65 bits per heavy atom. The molecular weight excluding hydrogens is 300 g/mol. The number of pyridine rings is 1. The number of amides is 1. The Kier molecular flexibility index (Phi) is 5.78. The van der Waals surface area contributed by atoms with Crippen molar-refractivity contribution >= 4 is 11.9 Å². The first-order valence-electron chi connectivity index (χ1n) is 7.66. The highest BCUT2D eigenvalue weighted by atomic mass is 16.5. The number of aromatic nitrogens is 1. The van der Waals surface area contributed by atoms with Gasteiger partial charge in [0.1, 0.15) is 0 Å². The van der Waals surface area contributed by atoms with Gasteiger partial charge in [-0.15, -0.1) is 0 Å². The van der Waals surface area contributed by atoms with Crippen LogP contribution in [0.3, 0.4) is 0 Å². The lowest BCUT2D eigenvalue weighted by Gasteiger charge is -2.31. The number of carbonyl (C=O) groups excluding carboxylic acids is 2. The van der Waals surface area contributed by atoms with Crippen LogP contribution in [0, 0.1) is 12.8 Å². The van der Waals surface area contributed by atoms with E-state index in [4.69, 9.17) is 4.74 Å². The Balaban J connectivity index is 1.79. The molecule has 1 aromatic rings. The molecule has 2 rings (SSSR count). The van der Waals surface area contributed by atoms with Gasteiger partial charge in [-0.2, -0.15) is 0 Å². The monoisotopic (exact) mass is 322 g/mol. The zero-order chi connectivity index (χ0) is 16.8. The minimum absolute atomic E-state index is 0.143. The van der Waals surface area contributed by atoms with E-state index in [1.807, 2.05) is 0 Å². The molecule has 0 saturated carbocycles. The average molecular weight is 322 g/mol. The number of esters is 1. The molecule has 1 fully saturated rings. The van der Waals surface area contributed by atoms with E-state index in [-0.39, 0.29) is 35.6 Å². The fraction of sp³-hybridized carbons (Fsp3) is 0.562. The number of H-pyrrole nitrogens is 1. The van der Waals surface area contributed by atoms with E-state index in [1.165, 1.54) is 19.4 Å². The van der Waals surface area contributed by atoms with Gasteiger partial charge in [-0.3, -0.25) is 14.4 Å². The molecular formula is C16H22N2O5. The van der Waals surface area contributed by atoms with E-state index in [0.717, 1.165) is 18.5 Å². The van der Waals surface area contributed by atoms with Gasteiger partial charge in [-0.1, -0.05) is 0 Å². The molecule has 0 atom stereocenters. The van der Waals surface area contributed by atoms with Crippen molar-refractivity contribution in [2.24, 2.45) is 5.92 Å². The fourth-order valence-electron chi connectivity index (χ4n) is 2.61. The third kappa shape index (κ3) is 4.84. The Labute approximate surface area is 134 Å². The van der Waals surface area contributed by atoms with Crippen molar-refractivity contribution in [3.8, 4) is 5.75 Å². The van der Waals surface area contributed by atoms with Crippen LogP contribution in [0.25, 0.3) is 0 Å². The summed E-state index contributed by atoms with van der Waals surface area (Å²) in [5.41, 5.74) is 0.493. The van der Waals surface area contributed by atoms with Gasteiger partial charge in [0.25, 0.3) is 5.91 Å². The van der Waals surface area contributed by atoms with Crippen molar-refractivity contribution in [3.05, 3.63) is 28.2 Å². The summed E-state index contributed by atoms with van der Waals surface area (Å²) in [5.74, 6) is 0.0371. The zero-order valence-corrected chi connectivity index (χ0v) is 13.5. The summed E-state index contributed by atoms with van der Waals surface area (Å²) in [6.07, 6.45) is 3.40. The van der Waals surface area contributed by atoms with E-state index in [9.17, 15) is 14.4 Å². The molecule has 0 aliphatic carbocycles. The molecule has 0 unspecified atom stereocenters. The predicted octanol–water partition coefficient (Wildman–Crippen LogP) is 0.864. The van der Waals surface area contributed by atoms with Gasteiger partial charge in [0, 0.05) is 37.5 Å². The van der Waals surface area contributed by atoms with Crippen LogP contribution >= 0.6 is 0 Å². The summed E-state index contributed by atoms with van der Waals surface area (Å²) in [5, 5.41) is 0. The molecule has 126 valence electrons. The molecule has 1 aliphatic rings. The molecule has 1 aliphatic heterocycles. The van der Waals surface area contributed by atoms with E-state index < -0.39 is 0 Å². The first-order chi connectivity index (χ1) is 11.0. The lowest BCUT2D eigenvalue weighted by atomic mass is 9.93. The van der Waals surface area contributed by atoms with Gasteiger partial charge in [0.05, 0.1) is 7.11 Å². The Hall–Kier alpha value is -2.31. The zero-order valence-electron chi connectivity index (χ0n) is 13.5. The minimum atomic E-state index is -0.245. The molecule has 23 heavy (non-hydrogen) atoms. The normalized spacial score (nSPS) is 15.3. The minimum Gasteiger partial charge on any atom is -0.478 e. The maximum Gasteiger partial charge on any atom is 0.305 e. The van der Waals surface area contributed by atoms with Crippen LogP contribution in [0.2, 0.25) is 0 Å². The van der Waals surface area contributed by atoms with Gasteiger partial charge in [-0.05, 0) is 25.7 Å². The van der Waals surface area contributed by atoms with E-state index in [2.05, 4.69) is 9.72 Å². The second-order valence-corrected chi connectivity index (χ2v) is 5.74. The lowest BCUT2D eigenvalue weighted by molar-refractivity contribution is -0.142. The van der Waals surface area contributed by atoms with Crippen LogP contribution in [0.4, 0.5) is 0 Å². The maximum atomic E-state index is 12.1. The van der Waals surface area contributed by atoms with Crippen molar-refractivity contribution < 1.29 is 19.1 Å². The van der Waals surface area contributed by atoms with Crippen molar-refractivity contribution in [2.75, 3.05) is 26.8 Å². The topological polar surface area (TPSA) is 88.7 Å². The molecule has 0 aromatic carbocycles. The first kappa shape index (κ1) is 17.1. The number of nitrogens with zero attached hydrogens (tertiary/aromatic N) is 1. The Morgan fingerprint density at radius 2 is 2.04 bits per heavy atom. The first-order valence-corrected chi connectivity index (χ1v) is 7.66. The molecule has 1 saturated heterocycles. The van der Waals surface area contributed by atoms with Crippen LogP contribution < -0.4 is 10.2 Å². The highest BCUT2D eigenvalue weighted by molar-refractivity contribution is 5.78. The van der Waals surface area contributed by atoms with Crippen LogP contribution in [-0.4, -0.2) is 48.6 Å². The number of piperidine rings is 1. The summed E-state index contributed by atoms with van der Waals surface area (Å²) in [4.78, 5) is 39.7. The Morgan fingerprint density at radius 1 is 1.35 bits per heavy atom. The SMILES string of the molecule is COC(=O)CC1CCN(C(=O)COc2c[nH]c(C)cc2=O)CC1. The number of ether oxygens (including phenoxy) is 2. The number of methoxy groups -OCH3 is 1. The maximum absolute atomic E-state index is 12.1. The highest BCUT2D eigenvalue weighted by Gasteiger charge is 2.24. The Bertz CT molecular complexity index is 617. The predicted molar refractivity (Wildman–Crippen MR) is 83.2 cm³/mol. The molecule has 2 heterocycles. The molecule has 0 spiro atoms. The number of likely N-dealkylation sites (tertiary alicyclic amines) is 1. The van der Waals surface area contributed by atoms with Crippen molar-refractivity contribution in [3.63, 3.8) is 0 Å². The number of hydrogen-bond acceptors (Lipinski definition) is 5. The van der Waals surface area contributed by atoms with E-state index in [1.54, 1.807) is 11.8 Å². The van der Waals surface area contributed by atoms with Crippen LogP contribution in [0.5, 0.6) is 5.75 Å². The van der Waals surface area contributed by atoms with E-state index >= 15 is 0 Å². The highest BCUT2D eigenvalue weighted by Crippen LogP contribution is 2.21. The van der Waals surface area contributed by atoms with E-state index in [0.29, 0.717) is 19.5 Å². The summed E-state index contributed by atoms with van der Waals surface area (Å²) in [7, 11) is 1.38. The standard InChI is InChI=1S/C16H22N2O5/c1-11-7-13(19)14(9-17-11)23-10-15(20)18-5-3-12(4-6-18)8-16(21)22-2/h7,9,12H,3-6,8,10H2,1-2H3,(H,17,19). The molecule has 0 radical (unpaired) electrons. The van der Waals surface area contributed by atoms with Crippen LogP contribution in [0.15, 0.2) is 17.1 Å². The molecule has 1 amide bonds. The largest absolute Gasteiger partial charge is 0.478 e. The second kappa shape index (κ2) is 7.80. The third-order valence-electron chi connectivity index (χ3n) is 4.02. The van der Waals surface area contributed by atoms with Gasteiger partial charge in [0.15, 0.2) is 12.4 Å².